The van der Waals surface area contributed by atoms with Crippen molar-refractivity contribution in [3.8, 4) is 0 Å². The molecular formula is C14H23FN2O. The summed E-state index contributed by atoms with van der Waals surface area (Å²) in [4.78, 5) is 6.61. The van der Waals surface area contributed by atoms with Crippen LogP contribution >= 0.6 is 0 Å². The molecule has 1 aliphatic rings. The zero-order valence-corrected chi connectivity index (χ0v) is 11.6. The Morgan fingerprint density at radius 3 is 2.83 bits per heavy atom. The van der Waals surface area contributed by atoms with Crippen molar-refractivity contribution in [2.24, 2.45) is 0 Å². The van der Waals surface area contributed by atoms with Gasteiger partial charge >= 0.3 is 0 Å². The normalized spacial score (nSPS) is 18.9. The molecule has 1 unspecified atom stereocenters. The molecule has 2 rings (SSSR count). The van der Waals surface area contributed by atoms with Gasteiger partial charge in [-0.3, -0.25) is 4.90 Å². The fourth-order valence-corrected chi connectivity index (χ4v) is 2.36. The first-order valence-electron chi connectivity index (χ1n) is 6.92. The Bertz CT molecular complexity index is 385. The van der Waals surface area contributed by atoms with Gasteiger partial charge in [-0.1, -0.05) is 13.8 Å². The van der Waals surface area contributed by atoms with Gasteiger partial charge in [0.25, 0.3) is 0 Å². The third kappa shape index (κ3) is 3.10. The predicted octanol–water partition coefficient (Wildman–Crippen LogP) is 3.08. The molecule has 0 spiro atoms. The number of hydrogen-bond acceptors (Lipinski definition) is 3. The summed E-state index contributed by atoms with van der Waals surface area (Å²) < 4.78 is 18.4. The number of likely N-dealkylation sites (tertiary alicyclic amines) is 1. The summed E-state index contributed by atoms with van der Waals surface area (Å²) in [6, 6.07) is 0. The van der Waals surface area contributed by atoms with Crippen LogP contribution in [0.4, 0.5) is 4.39 Å². The summed E-state index contributed by atoms with van der Waals surface area (Å²) in [6.45, 7) is 8.48. The maximum Gasteiger partial charge on any atom is 0.194 e. The Hall–Kier alpha value is -0.900. The number of rotatable bonds is 6. The number of aryl methyl sites for hydroxylation is 2. The van der Waals surface area contributed by atoms with Crippen LogP contribution < -0.4 is 0 Å². The van der Waals surface area contributed by atoms with Crippen LogP contribution in [0.3, 0.4) is 0 Å². The zero-order chi connectivity index (χ0) is 13.1. The highest BCUT2D eigenvalue weighted by atomic mass is 19.1. The second kappa shape index (κ2) is 5.83. The lowest BCUT2D eigenvalue weighted by atomic mass is 10.1. The second-order valence-electron chi connectivity index (χ2n) is 5.33. The molecule has 18 heavy (non-hydrogen) atoms. The van der Waals surface area contributed by atoms with Crippen molar-refractivity contribution >= 4 is 0 Å². The highest BCUT2D eigenvalue weighted by Crippen LogP contribution is 2.24. The highest BCUT2D eigenvalue weighted by Gasteiger charge is 2.25. The molecule has 1 aliphatic heterocycles. The van der Waals surface area contributed by atoms with Crippen LogP contribution in [0.25, 0.3) is 0 Å². The van der Waals surface area contributed by atoms with E-state index in [9.17, 15) is 4.39 Å². The minimum Gasteiger partial charge on any atom is -0.445 e. The average molecular weight is 254 g/mol. The third-order valence-electron chi connectivity index (χ3n) is 3.71. The van der Waals surface area contributed by atoms with E-state index in [1.54, 1.807) is 0 Å². The fraction of sp³-hybridized carbons (Fsp3) is 0.786. The molecule has 0 radical (unpaired) electrons. The smallest absolute Gasteiger partial charge is 0.194 e. The number of aromatic nitrogens is 1. The van der Waals surface area contributed by atoms with Gasteiger partial charge in [0.1, 0.15) is 11.9 Å². The van der Waals surface area contributed by atoms with Crippen molar-refractivity contribution in [3.05, 3.63) is 17.3 Å². The van der Waals surface area contributed by atoms with Gasteiger partial charge in [0, 0.05) is 25.4 Å². The van der Waals surface area contributed by atoms with Gasteiger partial charge in [-0.25, -0.2) is 9.37 Å². The van der Waals surface area contributed by atoms with E-state index in [4.69, 9.17) is 4.42 Å². The van der Waals surface area contributed by atoms with Crippen molar-refractivity contribution in [1.29, 1.82) is 0 Å². The van der Waals surface area contributed by atoms with E-state index >= 15 is 0 Å². The first kappa shape index (κ1) is 13.5. The molecule has 0 amide bonds. The van der Waals surface area contributed by atoms with Gasteiger partial charge in [-0.05, 0) is 26.3 Å². The largest absolute Gasteiger partial charge is 0.445 e. The molecule has 1 fully saturated rings. The minimum absolute atomic E-state index is 0.439. The molecule has 1 aromatic heterocycles. The summed E-state index contributed by atoms with van der Waals surface area (Å²) in [5.74, 6) is 2.30. The Morgan fingerprint density at radius 1 is 1.50 bits per heavy atom. The quantitative estimate of drug-likeness (QED) is 0.781. The van der Waals surface area contributed by atoms with Crippen LogP contribution in [0.15, 0.2) is 4.42 Å². The maximum absolute atomic E-state index is 12.6. The Balaban J connectivity index is 1.79. The first-order valence-corrected chi connectivity index (χ1v) is 6.92. The van der Waals surface area contributed by atoms with Crippen LogP contribution in [0.2, 0.25) is 0 Å². The van der Waals surface area contributed by atoms with E-state index in [2.05, 4.69) is 23.7 Å². The van der Waals surface area contributed by atoms with E-state index in [-0.39, 0.29) is 0 Å². The molecule has 1 saturated heterocycles. The van der Waals surface area contributed by atoms with E-state index in [0.29, 0.717) is 19.0 Å². The van der Waals surface area contributed by atoms with Crippen LogP contribution in [0.1, 0.15) is 50.0 Å². The highest BCUT2D eigenvalue weighted by molar-refractivity contribution is 5.12. The van der Waals surface area contributed by atoms with Crippen LogP contribution in [0, 0.1) is 6.92 Å². The van der Waals surface area contributed by atoms with Crippen molar-refractivity contribution in [1.82, 2.24) is 9.88 Å². The molecule has 3 nitrogen and oxygen atoms in total. The van der Waals surface area contributed by atoms with E-state index in [0.717, 1.165) is 43.2 Å². The molecule has 0 N–H and O–H groups in total. The van der Waals surface area contributed by atoms with Gasteiger partial charge in [-0.15, -0.1) is 0 Å². The Morgan fingerprint density at radius 2 is 2.22 bits per heavy atom. The molecular weight excluding hydrogens is 231 g/mol. The summed E-state index contributed by atoms with van der Waals surface area (Å²) in [5, 5.41) is 0. The summed E-state index contributed by atoms with van der Waals surface area (Å²) in [6.07, 6.45) is 2.31. The number of hydrogen-bond donors (Lipinski definition) is 0. The molecule has 0 aliphatic carbocycles. The number of oxazole rings is 1. The summed E-state index contributed by atoms with van der Waals surface area (Å²) in [7, 11) is 0. The van der Waals surface area contributed by atoms with Gasteiger partial charge < -0.3 is 4.42 Å². The van der Waals surface area contributed by atoms with Gasteiger partial charge in [0.15, 0.2) is 5.89 Å². The lowest BCUT2D eigenvalue weighted by Crippen LogP contribution is -2.48. The van der Waals surface area contributed by atoms with Crippen LogP contribution in [-0.4, -0.2) is 35.7 Å². The molecule has 1 aromatic rings. The topological polar surface area (TPSA) is 29.3 Å². The van der Waals surface area contributed by atoms with Gasteiger partial charge in [0.05, 0.1) is 5.69 Å². The molecule has 0 bridgehead atoms. The van der Waals surface area contributed by atoms with E-state index < -0.39 is 6.17 Å². The standard InChI is InChI=1S/C14H23FN2O/c1-4-10(2)14-11(3)16-13(18-14)6-5-7-17-8-12(15)9-17/h10,12H,4-9H2,1-3H3. The lowest BCUT2D eigenvalue weighted by Gasteiger charge is -2.33. The summed E-state index contributed by atoms with van der Waals surface area (Å²) in [5.41, 5.74) is 1.02. The van der Waals surface area contributed by atoms with Crippen molar-refractivity contribution < 1.29 is 8.81 Å². The molecule has 1 atom stereocenters. The number of halogens is 1. The zero-order valence-electron chi connectivity index (χ0n) is 11.6. The van der Waals surface area contributed by atoms with Crippen molar-refractivity contribution in [2.45, 2.75) is 52.1 Å². The molecule has 4 heteroatoms. The van der Waals surface area contributed by atoms with E-state index in [1.165, 1.54) is 0 Å². The Labute approximate surface area is 108 Å². The average Bonchev–Trinajstić information content (AvgIpc) is 2.67. The summed E-state index contributed by atoms with van der Waals surface area (Å²) >= 11 is 0. The molecule has 2 heterocycles. The van der Waals surface area contributed by atoms with Crippen molar-refractivity contribution in [3.63, 3.8) is 0 Å². The van der Waals surface area contributed by atoms with Crippen LogP contribution in [0.5, 0.6) is 0 Å². The number of alkyl halides is 1. The minimum atomic E-state index is -0.606. The maximum atomic E-state index is 12.6. The monoisotopic (exact) mass is 254 g/mol. The second-order valence-corrected chi connectivity index (χ2v) is 5.33. The molecule has 102 valence electrons. The molecule has 0 aromatic carbocycles. The third-order valence-corrected chi connectivity index (χ3v) is 3.71. The first-order chi connectivity index (χ1) is 8.60. The predicted molar refractivity (Wildman–Crippen MR) is 69.6 cm³/mol. The Kier molecular flexibility index (Phi) is 4.38. The van der Waals surface area contributed by atoms with E-state index in [1.807, 2.05) is 6.92 Å². The SMILES string of the molecule is CCC(C)c1oc(CCCN2CC(F)C2)nc1C. The van der Waals surface area contributed by atoms with Crippen molar-refractivity contribution in [2.75, 3.05) is 19.6 Å². The molecule has 0 saturated carbocycles. The van der Waals surface area contributed by atoms with Gasteiger partial charge in [-0.2, -0.15) is 0 Å². The van der Waals surface area contributed by atoms with Gasteiger partial charge in [0.2, 0.25) is 0 Å². The number of nitrogens with zero attached hydrogens (tertiary/aromatic N) is 2. The van der Waals surface area contributed by atoms with Crippen LogP contribution in [-0.2, 0) is 6.42 Å². The lowest BCUT2D eigenvalue weighted by molar-refractivity contribution is 0.0646. The fourth-order valence-electron chi connectivity index (χ4n) is 2.36.